The van der Waals surface area contributed by atoms with E-state index in [1.54, 1.807) is 11.3 Å². The number of thiazole rings is 1. The molecule has 0 N–H and O–H groups in total. The Morgan fingerprint density at radius 3 is 2.56 bits per heavy atom. The average molecular weight is 477 g/mol. The topological polar surface area (TPSA) is 60.2 Å². The number of benzene rings is 2. The molecule has 2 aromatic heterocycles. The first-order valence-electron chi connectivity index (χ1n) is 11.8. The minimum Gasteiger partial charge on any atom is -0.494 e. The van der Waals surface area contributed by atoms with Crippen molar-refractivity contribution in [2.75, 3.05) is 18.1 Å². The maximum absolute atomic E-state index is 13.6. The maximum Gasteiger partial charge on any atom is 0.233 e. The number of hydrogen-bond acceptors (Lipinski definition) is 5. The third kappa shape index (κ3) is 5.30. The lowest BCUT2D eigenvalue weighted by Crippen LogP contribution is -2.35. The molecular formula is C27H32N4O2S. The number of para-hydroxylation sites is 1. The first-order valence-corrected chi connectivity index (χ1v) is 12.6. The predicted molar refractivity (Wildman–Crippen MR) is 139 cm³/mol. The summed E-state index contributed by atoms with van der Waals surface area (Å²) in [6.45, 7) is 12.1. The van der Waals surface area contributed by atoms with E-state index in [2.05, 4.69) is 43.2 Å². The Morgan fingerprint density at radius 2 is 1.91 bits per heavy atom. The van der Waals surface area contributed by atoms with Crippen molar-refractivity contribution in [3.63, 3.8) is 0 Å². The molecule has 0 unspecified atom stereocenters. The fourth-order valence-corrected chi connectivity index (χ4v) is 5.15. The Kier molecular flexibility index (Phi) is 7.32. The molecule has 2 aromatic carbocycles. The Bertz CT molecular complexity index is 1270. The van der Waals surface area contributed by atoms with Crippen molar-refractivity contribution in [1.82, 2.24) is 14.8 Å². The third-order valence-corrected chi connectivity index (χ3v) is 6.86. The Hall–Kier alpha value is -3.19. The van der Waals surface area contributed by atoms with Crippen LogP contribution in [-0.2, 0) is 17.8 Å². The van der Waals surface area contributed by atoms with Crippen molar-refractivity contribution in [2.24, 2.45) is 0 Å². The second-order valence-electron chi connectivity index (χ2n) is 8.79. The highest BCUT2D eigenvalue weighted by molar-refractivity contribution is 7.22. The average Bonchev–Trinajstić information content (AvgIpc) is 3.37. The van der Waals surface area contributed by atoms with E-state index in [0.29, 0.717) is 32.0 Å². The monoisotopic (exact) mass is 476 g/mol. The Morgan fingerprint density at radius 1 is 1.15 bits per heavy atom. The van der Waals surface area contributed by atoms with Crippen molar-refractivity contribution in [1.29, 1.82) is 0 Å². The van der Waals surface area contributed by atoms with E-state index in [0.717, 1.165) is 38.0 Å². The standard InChI is InChI=1S/C27H32N4O2S/c1-6-33-22-12-10-21(11-13-22)17-25(32)30(14-15-31-20(5)16-19(4)29-31)27-28-26-23(18(2)3)8-7-9-24(26)34-27/h7-13,16,18H,6,14-15,17H2,1-5H3. The molecule has 1 amide bonds. The van der Waals surface area contributed by atoms with Crippen LogP contribution in [0.1, 0.15) is 49.2 Å². The van der Waals surface area contributed by atoms with E-state index in [1.165, 1.54) is 5.56 Å². The van der Waals surface area contributed by atoms with Crippen LogP contribution >= 0.6 is 11.3 Å². The molecule has 178 valence electrons. The highest BCUT2D eigenvalue weighted by Gasteiger charge is 2.22. The largest absolute Gasteiger partial charge is 0.494 e. The van der Waals surface area contributed by atoms with Gasteiger partial charge in [0.25, 0.3) is 0 Å². The minimum atomic E-state index is 0.0239. The Balaban J connectivity index is 1.63. The summed E-state index contributed by atoms with van der Waals surface area (Å²) in [6, 6.07) is 16.1. The number of fused-ring (bicyclic) bond motifs is 1. The third-order valence-electron chi connectivity index (χ3n) is 5.82. The molecule has 0 atom stereocenters. The van der Waals surface area contributed by atoms with Crippen LogP contribution in [0.2, 0.25) is 0 Å². The molecule has 7 heteroatoms. The summed E-state index contributed by atoms with van der Waals surface area (Å²) in [4.78, 5) is 20.3. The second-order valence-corrected chi connectivity index (χ2v) is 9.80. The zero-order chi connectivity index (χ0) is 24.2. The minimum absolute atomic E-state index is 0.0239. The number of ether oxygens (including phenoxy) is 1. The highest BCUT2D eigenvalue weighted by atomic mass is 32.1. The van der Waals surface area contributed by atoms with E-state index >= 15 is 0 Å². The molecule has 0 aliphatic rings. The van der Waals surface area contributed by atoms with E-state index in [9.17, 15) is 4.79 Å². The number of anilines is 1. The molecule has 0 saturated carbocycles. The molecule has 4 rings (SSSR count). The van der Waals surface area contributed by atoms with Crippen molar-refractivity contribution in [3.8, 4) is 5.75 Å². The van der Waals surface area contributed by atoms with Crippen molar-refractivity contribution < 1.29 is 9.53 Å². The molecule has 0 radical (unpaired) electrons. The summed E-state index contributed by atoms with van der Waals surface area (Å²) >= 11 is 1.57. The summed E-state index contributed by atoms with van der Waals surface area (Å²) in [5.41, 5.74) is 5.21. The van der Waals surface area contributed by atoms with Crippen molar-refractivity contribution in [2.45, 2.75) is 53.5 Å². The van der Waals surface area contributed by atoms with Crippen LogP contribution < -0.4 is 9.64 Å². The van der Waals surface area contributed by atoms with E-state index in [4.69, 9.17) is 9.72 Å². The molecule has 0 spiro atoms. The first-order chi connectivity index (χ1) is 16.4. The van der Waals surface area contributed by atoms with Crippen molar-refractivity contribution in [3.05, 3.63) is 71.0 Å². The fourth-order valence-electron chi connectivity index (χ4n) is 4.10. The molecule has 34 heavy (non-hydrogen) atoms. The highest BCUT2D eigenvalue weighted by Crippen LogP contribution is 2.34. The number of aryl methyl sites for hydroxylation is 2. The summed E-state index contributed by atoms with van der Waals surface area (Å²) in [7, 11) is 0. The summed E-state index contributed by atoms with van der Waals surface area (Å²) in [6.07, 6.45) is 0.302. The maximum atomic E-state index is 13.6. The zero-order valence-electron chi connectivity index (χ0n) is 20.5. The molecule has 2 heterocycles. The van der Waals surface area contributed by atoms with E-state index < -0.39 is 0 Å². The molecule has 0 fully saturated rings. The van der Waals surface area contributed by atoms with Gasteiger partial charge in [-0.05, 0) is 62.1 Å². The van der Waals surface area contributed by atoms with Gasteiger partial charge in [-0.3, -0.25) is 14.4 Å². The number of carbonyl (C=O) groups excluding carboxylic acids is 1. The number of aromatic nitrogens is 3. The van der Waals surface area contributed by atoms with Crippen LogP contribution in [0.4, 0.5) is 5.13 Å². The van der Waals surface area contributed by atoms with Gasteiger partial charge in [0.2, 0.25) is 5.91 Å². The summed E-state index contributed by atoms with van der Waals surface area (Å²) in [5, 5.41) is 5.31. The van der Waals surface area contributed by atoms with Gasteiger partial charge >= 0.3 is 0 Å². The lowest BCUT2D eigenvalue weighted by molar-refractivity contribution is -0.118. The number of rotatable bonds is 9. The van der Waals surface area contributed by atoms with Gasteiger partial charge in [0.15, 0.2) is 5.13 Å². The summed E-state index contributed by atoms with van der Waals surface area (Å²) < 4.78 is 8.59. The molecule has 0 aliphatic heterocycles. The van der Waals surface area contributed by atoms with Gasteiger partial charge in [-0.15, -0.1) is 0 Å². The van der Waals surface area contributed by atoms with E-state index in [1.807, 2.05) is 54.6 Å². The molecule has 0 aliphatic carbocycles. The van der Waals surface area contributed by atoms with E-state index in [-0.39, 0.29) is 5.91 Å². The number of amides is 1. The van der Waals surface area contributed by atoms with Gasteiger partial charge in [-0.25, -0.2) is 4.98 Å². The van der Waals surface area contributed by atoms with Gasteiger partial charge in [-0.1, -0.05) is 49.4 Å². The lowest BCUT2D eigenvalue weighted by Gasteiger charge is -2.20. The van der Waals surface area contributed by atoms with Gasteiger partial charge in [0.1, 0.15) is 5.75 Å². The van der Waals surface area contributed by atoms with Gasteiger partial charge in [0, 0.05) is 12.2 Å². The van der Waals surface area contributed by atoms with Crippen LogP contribution in [-0.4, -0.2) is 33.8 Å². The quantitative estimate of drug-likeness (QED) is 0.301. The SMILES string of the molecule is CCOc1ccc(CC(=O)N(CCn2nc(C)cc2C)c2nc3c(C(C)C)cccc3s2)cc1. The summed E-state index contributed by atoms with van der Waals surface area (Å²) in [5.74, 6) is 1.20. The molecule has 6 nitrogen and oxygen atoms in total. The van der Waals surface area contributed by atoms with Crippen LogP contribution in [0.5, 0.6) is 5.75 Å². The van der Waals surface area contributed by atoms with Gasteiger partial charge in [-0.2, -0.15) is 5.10 Å². The zero-order valence-corrected chi connectivity index (χ0v) is 21.4. The first kappa shape index (κ1) is 24.0. The number of nitrogens with zero attached hydrogens (tertiary/aromatic N) is 4. The van der Waals surface area contributed by atoms with Crippen LogP contribution in [0.3, 0.4) is 0 Å². The molecule has 4 aromatic rings. The number of hydrogen-bond donors (Lipinski definition) is 0. The number of carbonyl (C=O) groups is 1. The molecular weight excluding hydrogens is 444 g/mol. The molecule has 0 bridgehead atoms. The molecule has 0 saturated heterocycles. The second kappa shape index (κ2) is 10.4. The van der Waals surface area contributed by atoms with Crippen LogP contribution in [0, 0.1) is 13.8 Å². The van der Waals surface area contributed by atoms with Gasteiger partial charge in [0.05, 0.1) is 35.5 Å². The lowest BCUT2D eigenvalue weighted by atomic mass is 10.0. The van der Waals surface area contributed by atoms with Crippen molar-refractivity contribution >= 4 is 32.6 Å². The fraction of sp³-hybridized carbons (Fsp3) is 0.370. The normalized spacial score (nSPS) is 11.4. The van der Waals surface area contributed by atoms with Gasteiger partial charge < -0.3 is 4.74 Å². The van der Waals surface area contributed by atoms with Crippen LogP contribution in [0.25, 0.3) is 10.2 Å². The Labute approximate surface area is 205 Å². The van der Waals surface area contributed by atoms with Crippen LogP contribution in [0.15, 0.2) is 48.5 Å². The predicted octanol–water partition coefficient (Wildman–Crippen LogP) is 5.91. The smallest absolute Gasteiger partial charge is 0.233 e.